The maximum Gasteiger partial charge on any atom is 0.258 e. The van der Waals surface area contributed by atoms with E-state index in [1.54, 1.807) is 19.1 Å². The lowest BCUT2D eigenvalue weighted by Crippen LogP contribution is -2.40. The summed E-state index contributed by atoms with van der Waals surface area (Å²) < 4.78 is 34.4. The largest absolute Gasteiger partial charge is 0.383 e. The highest BCUT2D eigenvalue weighted by molar-refractivity contribution is 9.10. The monoisotopic (exact) mass is 546 g/mol. The molecule has 2 saturated carbocycles. The van der Waals surface area contributed by atoms with Crippen LogP contribution in [-0.4, -0.2) is 40.6 Å². The number of anilines is 1. The number of hydrogen-bond acceptors (Lipinski definition) is 4. The summed E-state index contributed by atoms with van der Waals surface area (Å²) in [5, 5.41) is 0. The molecule has 1 heterocycles. The van der Waals surface area contributed by atoms with E-state index in [1.165, 1.54) is 50.5 Å². The van der Waals surface area contributed by atoms with Crippen LogP contribution >= 0.6 is 15.9 Å². The predicted octanol–water partition coefficient (Wildman–Crippen LogP) is 5.01. The smallest absolute Gasteiger partial charge is 0.258 e. The van der Waals surface area contributed by atoms with Crippen molar-refractivity contribution < 1.29 is 17.9 Å². The van der Waals surface area contributed by atoms with Crippen LogP contribution in [0, 0.1) is 5.41 Å². The Bertz CT molecular complexity index is 1220. The van der Waals surface area contributed by atoms with E-state index in [2.05, 4.69) is 26.7 Å². The van der Waals surface area contributed by atoms with Gasteiger partial charge in [-0.05, 0) is 92.8 Å². The van der Waals surface area contributed by atoms with E-state index in [9.17, 15) is 13.2 Å². The van der Waals surface area contributed by atoms with Gasteiger partial charge in [-0.15, -0.1) is 0 Å². The van der Waals surface area contributed by atoms with Crippen molar-refractivity contribution in [2.24, 2.45) is 5.41 Å². The molecule has 1 aliphatic heterocycles. The van der Waals surface area contributed by atoms with Crippen LogP contribution in [0.4, 0.5) is 5.69 Å². The SMILES string of the molecule is COCC(C)NS(=O)(=O)c1cccc(C(=O)N2CC3(CCC4(CC4)CC3)c3cc(Br)ccc32)c1. The second-order valence-corrected chi connectivity index (χ2v) is 13.0. The third-order valence-corrected chi connectivity index (χ3v) is 10.00. The number of carbonyl (C=O) groups excluding carboxylic acids is 1. The van der Waals surface area contributed by atoms with Crippen LogP contribution in [0.15, 0.2) is 51.8 Å². The molecule has 8 heteroatoms. The van der Waals surface area contributed by atoms with Crippen LogP contribution in [0.25, 0.3) is 0 Å². The number of hydrogen-bond donors (Lipinski definition) is 1. The Balaban J connectivity index is 1.44. The topological polar surface area (TPSA) is 75.7 Å². The molecule has 0 saturated heterocycles. The number of nitrogens with zero attached hydrogens (tertiary/aromatic N) is 1. The summed E-state index contributed by atoms with van der Waals surface area (Å²) in [4.78, 5) is 15.7. The van der Waals surface area contributed by atoms with Gasteiger partial charge in [-0.3, -0.25) is 4.79 Å². The second kappa shape index (κ2) is 8.73. The maximum atomic E-state index is 13.7. The number of amides is 1. The molecule has 1 N–H and O–H groups in total. The third-order valence-electron chi connectivity index (χ3n) is 7.92. The average Bonchev–Trinajstić information content (AvgIpc) is 3.51. The minimum absolute atomic E-state index is 0.0244. The Kier molecular flexibility index (Phi) is 6.16. The number of fused-ring (bicyclic) bond motifs is 2. The molecule has 1 unspecified atom stereocenters. The summed E-state index contributed by atoms with van der Waals surface area (Å²) in [5.41, 5.74) is 3.10. The van der Waals surface area contributed by atoms with E-state index in [0.29, 0.717) is 17.5 Å². The molecular weight excluding hydrogens is 516 g/mol. The fraction of sp³-hybridized carbons (Fsp3) is 0.500. The molecule has 0 radical (unpaired) electrons. The molecule has 2 fully saturated rings. The van der Waals surface area contributed by atoms with Crippen molar-refractivity contribution in [2.45, 2.75) is 61.8 Å². The van der Waals surface area contributed by atoms with Crippen molar-refractivity contribution in [1.82, 2.24) is 4.72 Å². The van der Waals surface area contributed by atoms with Gasteiger partial charge >= 0.3 is 0 Å². The van der Waals surface area contributed by atoms with Crippen LogP contribution in [0.1, 0.15) is 61.4 Å². The Morgan fingerprint density at radius 2 is 1.82 bits per heavy atom. The summed E-state index contributed by atoms with van der Waals surface area (Å²) in [6.07, 6.45) is 7.32. The highest BCUT2D eigenvalue weighted by atomic mass is 79.9. The molecule has 2 aliphatic carbocycles. The quantitative estimate of drug-likeness (QED) is 0.552. The first kappa shape index (κ1) is 24.0. The van der Waals surface area contributed by atoms with E-state index in [1.807, 2.05) is 17.0 Å². The van der Waals surface area contributed by atoms with Gasteiger partial charge in [0.25, 0.3) is 5.91 Å². The molecular formula is C26H31BrN2O4S. The molecule has 182 valence electrons. The zero-order valence-corrected chi connectivity index (χ0v) is 22.0. The minimum Gasteiger partial charge on any atom is -0.383 e. The molecule has 1 atom stereocenters. The van der Waals surface area contributed by atoms with Crippen LogP contribution < -0.4 is 9.62 Å². The molecule has 2 spiro atoms. The van der Waals surface area contributed by atoms with E-state index in [0.717, 1.165) is 23.0 Å². The van der Waals surface area contributed by atoms with E-state index < -0.39 is 10.0 Å². The summed E-state index contributed by atoms with van der Waals surface area (Å²) in [6.45, 7) is 2.65. The van der Waals surface area contributed by atoms with Crippen LogP contribution in [-0.2, 0) is 20.2 Å². The van der Waals surface area contributed by atoms with Crippen molar-refractivity contribution in [1.29, 1.82) is 0 Å². The van der Waals surface area contributed by atoms with Gasteiger partial charge < -0.3 is 9.64 Å². The molecule has 0 bridgehead atoms. The number of ether oxygens (including phenoxy) is 1. The Morgan fingerprint density at radius 3 is 2.50 bits per heavy atom. The molecule has 6 nitrogen and oxygen atoms in total. The lowest BCUT2D eigenvalue weighted by atomic mass is 9.66. The first-order chi connectivity index (χ1) is 16.2. The van der Waals surface area contributed by atoms with Gasteiger partial charge in [-0.25, -0.2) is 13.1 Å². The number of benzene rings is 2. The van der Waals surface area contributed by atoms with Crippen LogP contribution in [0.3, 0.4) is 0 Å². The predicted molar refractivity (Wildman–Crippen MR) is 136 cm³/mol. The third kappa shape index (κ3) is 4.34. The van der Waals surface area contributed by atoms with Gasteiger partial charge in [0.2, 0.25) is 10.0 Å². The summed E-state index contributed by atoms with van der Waals surface area (Å²) in [6, 6.07) is 12.1. The summed E-state index contributed by atoms with van der Waals surface area (Å²) >= 11 is 3.63. The van der Waals surface area contributed by atoms with Gasteiger partial charge in [0.05, 0.1) is 11.5 Å². The van der Waals surface area contributed by atoms with Crippen molar-refractivity contribution in [3.05, 3.63) is 58.1 Å². The van der Waals surface area contributed by atoms with Gasteiger partial charge in [-0.1, -0.05) is 22.0 Å². The second-order valence-electron chi connectivity index (χ2n) is 10.3. The van der Waals surface area contributed by atoms with Crippen LogP contribution in [0.2, 0.25) is 0 Å². The zero-order valence-electron chi connectivity index (χ0n) is 19.6. The van der Waals surface area contributed by atoms with Crippen molar-refractivity contribution in [3.63, 3.8) is 0 Å². The van der Waals surface area contributed by atoms with Crippen molar-refractivity contribution in [3.8, 4) is 0 Å². The van der Waals surface area contributed by atoms with E-state index in [4.69, 9.17) is 4.74 Å². The minimum atomic E-state index is -3.77. The number of methoxy groups -OCH3 is 1. The average molecular weight is 548 g/mol. The molecule has 2 aromatic carbocycles. The first-order valence-electron chi connectivity index (χ1n) is 11.9. The lowest BCUT2D eigenvalue weighted by Gasteiger charge is -2.38. The standard InChI is InChI=1S/C26H31BrN2O4S/c1-18(16-33-2)28-34(31,32)21-5-3-4-19(14-21)24(30)29-17-26(12-10-25(8-9-25)11-13-26)22-15-20(27)6-7-23(22)29/h3-7,14-15,18,28H,8-13,16-17H2,1-2H3. The molecule has 2 aromatic rings. The maximum absolute atomic E-state index is 13.7. The zero-order chi connectivity index (χ0) is 24.1. The van der Waals surface area contributed by atoms with Gasteiger partial charge in [0.1, 0.15) is 0 Å². The van der Waals surface area contributed by atoms with Crippen molar-refractivity contribution in [2.75, 3.05) is 25.2 Å². The summed E-state index contributed by atoms with van der Waals surface area (Å²) in [7, 11) is -2.24. The Hall–Kier alpha value is -1.74. The van der Waals surface area contributed by atoms with Gasteiger partial charge in [0, 0.05) is 40.8 Å². The molecule has 1 amide bonds. The normalized spacial score (nSPS) is 21.0. The fourth-order valence-corrected chi connectivity index (χ4v) is 7.39. The van der Waals surface area contributed by atoms with Crippen molar-refractivity contribution >= 4 is 37.5 Å². The fourth-order valence-electron chi connectivity index (χ4n) is 5.75. The number of rotatable bonds is 6. The first-order valence-corrected chi connectivity index (χ1v) is 14.2. The molecule has 5 rings (SSSR count). The van der Waals surface area contributed by atoms with Crippen LogP contribution in [0.5, 0.6) is 0 Å². The van der Waals surface area contributed by atoms with Gasteiger partial charge in [-0.2, -0.15) is 0 Å². The van der Waals surface area contributed by atoms with E-state index >= 15 is 0 Å². The number of carbonyl (C=O) groups is 1. The molecule has 3 aliphatic rings. The Morgan fingerprint density at radius 1 is 1.12 bits per heavy atom. The highest BCUT2D eigenvalue weighted by Crippen LogP contribution is 2.62. The Labute approximate surface area is 210 Å². The number of nitrogens with one attached hydrogen (secondary N) is 1. The molecule has 0 aromatic heterocycles. The number of sulfonamides is 1. The molecule has 34 heavy (non-hydrogen) atoms. The van der Waals surface area contributed by atoms with E-state index in [-0.39, 0.29) is 28.9 Å². The summed E-state index contributed by atoms with van der Waals surface area (Å²) in [5.74, 6) is -0.158. The lowest BCUT2D eigenvalue weighted by molar-refractivity contribution is 0.0980. The number of halogens is 1. The van der Waals surface area contributed by atoms with Gasteiger partial charge in [0.15, 0.2) is 0 Å². The highest BCUT2D eigenvalue weighted by Gasteiger charge is 2.53.